The van der Waals surface area contributed by atoms with Gasteiger partial charge in [0.1, 0.15) is 12.4 Å². The summed E-state index contributed by atoms with van der Waals surface area (Å²) in [7, 11) is 0. The summed E-state index contributed by atoms with van der Waals surface area (Å²) >= 11 is 6.06. The number of para-hydroxylation sites is 1. The highest BCUT2D eigenvalue weighted by atomic mass is 35.5. The molecule has 0 aliphatic rings. The summed E-state index contributed by atoms with van der Waals surface area (Å²) in [6.07, 6.45) is 3.25. The maximum Gasteiger partial charge on any atom is 0.325 e. The van der Waals surface area contributed by atoms with Crippen molar-refractivity contribution in [2.75, 3.05) is 11.9 Å². The van der Waals surface area contributed by atoms with Crippen molar-refractivity contribution < 1.29 is 13.9 Å². The van der Waals surface area contributed by atoms with E-state index in [0.717, 1.165) is 11.1 Å². The smallest absolute Gasteiger partial charge is 0.325 e. The molecular formula is C25H27ClFN5O3. The normalized spacial score (nSPS) is 13.5. The van der Waals surface area contributed by atoms with Crippen LogP contribution in [0.25, 0.3) is 11.0 Å². The molecule has 2 heterocycles. The van der Waals surface area contributed by atoms with Crippen LogP contribution >= 0.6 is 11.6 Å². The van der Waals surface area contributed by atoms with Crippen LogP contribution in [0.5, 0.6) is 0 Å². The molecule has 2 aromatic heterocycles. The van der Waals surface area contributed by atoms with Crippen molar-refractivity contribution in [3.8, 4) is 0 Å². The predicted molar refractivity (Wildman–Crippen MR) is 133 cm³/mol. The molecule has 35 heavy (non-hydrogen) atoms. The molecule has 4 rings (SSSR count). The van der Waals surface area contributed by atoms with Gasteiger partial charge in [-0.15, -0.1) is 0 Å². The highest BCUT2D eigenvalue weighted by Gasteiger charge is 2.33. The molecular weight excluding hydrogens is 473 g/mol. The molecule has 4 aromatic rings. The third kappa shape index (κ3) is 5.24. The van der Waals surface area contributed by atoms with Gasteiger partial charge in [0, 0.05) is 12.4 Å². The standard InChI is InChI=1S/C25H27ClFN5O3/c1-24(2,3)21(33)35-14-25(4,16-8-9-18(27)17(26)12-16)31-22-29-19-7-5-6-15(20(19)30-22)13-32-11-10-28-23(32)34/h5-12H,13-14H2,1-4H3,(H,28,34)(H2,29,30,31). The van der Waals surface area contributed by atoms with Gasteiger partial charge in [-0.1, -0.05) is 29.8 Å². The number of imidazole rings is 2. The van der Waals surface area contributed by atoms with E-state index in [1.54, 1.807) is 43.8 Å². The number of anilines is 1. The number of aromatic amines is 2. The zero-order valence-corrected chi connectivity index (χ0v) is 20.7. The number of ether oxygens (including phenoxy) is 1. The average Bonchev–Trinajstić information content (AvgIpc) is 3.39. The van der Waals surface area contributed by atoms with Crippen molar-refractivity contribution in [2.45, 2.75) is 39.8 Å². The first kappa shape index (κ1) is 24.5. The minimum absolute atomic E-state index is 0.0403. The quantitative estimate of drug-likeness (QED) is 0.316. The number of H-pyrrole nitrogens is 2. The van der Waals surface area contributed by atoms with E-state index < -0.39 is 16.8 Å². The van der Waals surface area contributed by atoms with Crippen LogP contribution in [0.1, 0.15) is 38.8 Å². The van der Waals surface area contributed by atoms with Gasteiger partial charge in [0.15, 0.2) is 0 Å². The number of carbonyl (C=O) groups is 1. The molecule has 1 atom stereocenters. The van der Waals surface area contributed by atoms with Crippen LogP contribution in [-0.4, -0.2) is 32.1 Å². The highest BCUT2D eigenvalue weighted by Crippen LogP contribution is 2.31. The molecule has 0 radical (unpaired) electrons. The van der Waals surface area contributed by atoms with Gasteiger partial charge in [-0.25, -0.2) is 14.2 Å². The number of esters is 1. The Morgan fingerprint density at radius 2 is 2.00 bits per heavy atom. The van der Waals surface area contributed by atoms with E-state index >= 15 is 0 Å². The van der Waals surface area contributed by atoms with E-state index in [-0.39, 0.29) is 23.3 Å². The number of hydrogen-bond donors (Lipinski definition) is 3. The SMILES string of the molecule is CC(C)(C)C(=O)OCC(C)(Nc1nc2c(Cn3cc[nH]c3=O)cccc2[nH]1)c1ccc(F)c(Cl)c1. The first-order valence-electron chi connectivity index (χ1n) is 11.1. The molecule has 0 saturated heterocycles. The number of nitrogens with one attached hydrogen (secondary N) is 3. The van der Waals surface area contributed by atoms with Crippen LogP contribution in [0.4, 0.5) is 10.3 Å². The largest absolute Gasteiger partial charge is 0.462 e. The molecule has 0 amide bonds. The summed E-state index contributed by atoms with van der Waals surface area (Å²) in [5.41, 5.74) is 1.03. The molecule has 0 bridgehead atoms. The fourth-order valence-electron chi connectivity index (χ4n) is 3.65. The minimum atomic E-state index is -0.982. The lowest BCUT2D eigenvalue weighted by Crippen LogP contribution is -2.40. The van der Waals surface area contributed by atoms with E-state index in [0.29, 0.717) is 23.6 Å². The lowest BCUT2D eigenvalue weighted by Gasteiger charge is -2.32. The van der Waals surface area contributed by atoms with Crippen LogP contribution in [0.2, 0.25) is 5.02 Å². The van der Waals surface area contributed by atoms with Crippen LogP contribution in [0.3, 0.4) is 0 Å². The van der Waals surface area contributed by atoms with Crippen LogP contribution in [-0.2, 0) is 21.6 Å². The van der Waals surface area contributed by atoms with Crippen molar-refractivity contribution in [2.24, 2.45) is 5.41 Å². The van der Waals surface area contributed by atoms with E-state index in [2.05, 4.69) is 15.3 Å². The molecule has 10 heteroatoms. The van der Waals surface area contributed by atoms with Crippen LogP contribution in [0.15, 0.2) is 53.6 Å². The average molecular weight is 500 g/mol. The van der Waals surface area contributed by atoms with E-state index in [1.807, 2.05) is 25.1 Å². The molecule has 1 unspecified atom stereocenters. The predicted octanol–water partition coefficient (Wildman–Crippen LogP) is 4.81. The molecule has 0 spiro atoms. The maximum atomic E-state index is 13.9. The first-order chi connectivity index (χ1) is 16.5. The van der Waals surface area contributed by atoms with Gasteiger partial charge < -0.3 is 20.0 Å². The first-order valence-corrected chi connectivity index (χ1v) is 11.5. The van der Waals surface area contributed by atoms with Gasteiger partial charge in [-0.2, -0.15) is 0 Å². The Bertz CT molecular complexity index is 1430. The highest BCUT2D eigenvalue weighted by molar-refractivity contribution is 6.30. The Morgan fingerprint density at radius 3 is 2.66 bits per heavy atom. The Labute approximate surface area is 206 Å². The monoisotopic (exact) mass is 499 g/mol. The number of benzene rings is 2. The Morgan fingerprint density at radius 1 is 1.23 bits per heavy atom. The molecule has 3 N–H and O–H groups in total. The van der Waals surface area contributed by atoms with Crippen molar-refractivity contribution >= 4 is 34.6 Å². The fraction of sp³-hybridized carbons (Fsp3) is 0.320. The van der Waals surface area contributed by atoms with Crippen molar-refractivity contribution in [3.63, 3.8) is 0 Å². The zero-order chi connectivity index (χ0) is 25.4. The van der Waals surface area contributed by atoms with Gasteiger partial charge in [-0.3, -0.25) is 9.36 Å². The van der Waals surface area contributed by atoms with E-state index in [4.69, 9.17) is 21.3 Å². The van der Waals surface area contributed by atoms with Crippen molar-refractivity contribution in [3.05, 3.63) is 81.2 Å². The van der Waals surface area contributed by atoms with Gasteiger partial charge in [0.2, 0.25) is 5.95 Å². The minimum Gasteiger partial charge on any atom is -0.462 e. The number of carbonyl (C=O) groups excluding carboxylic acids is 1. The molecule has 0 fully saturated rings. The number of nitrogens with zero attached hydrogens (tertiary/aromatic N) is 2. The summed E-state index contributed by atoms with van der Waals surface area (Å²) in [6.45, 7) is 7.42. The lowest BCUT2D eigenvalue weighted by atomic mass is 9.92. The molecule has 8 nitrogen and oxygen atoms in total. The van der Waals surface area contributed by atoms with Gasteiger partial charge >= 0.3 is 11.7 Å². The molecule has 0 aliphatic carbocycles. The van der Waals surface area contributed by atoms with E-state index in [9.17, 15) is 14.0 Å². The number of fused-ring (bicyclic) bond motifs is 1. The second-order valence-electron chi connectivity index (χ2n) is 9.70. The summed E-state index contributed by atoms with van der Waals surface area (Å²) in [6, 6.07) is 10.0. The number of hydrogen-bond acceptors (Lipinski definition) is 5. The third-order valence-corrected chi connectivity index (χ3v) is 6.00. The molecule has 0 aliphatic heterocycles. The molecule has 2 aromatic carbocycles. The fourth-order valence-corrected chi connectivity index (χ4v) is 3.83. The maximum absolute atomic E-state index is 13.9. The third-order valence-electron chi connectivity index (χ3n) is 5.71. The Balaban J connectivity index is 1.69. The summed E-state index contributed by atoms with van der Waals surface area (Å²) < 4.78 is 21.0. The van der Waals surface area contributed by atoms with Crippen molar-refractivity contribution in [1.29, 1.82) is 0 Å². The molecule has 184 valence electrons. The number of rotatable bonds is 7. The summed E-state index contributed by atoms with van der Waals surface area (Å²) in [5.74, 6) is -0.496. The van der Waals surface area contributed by atoms with Gasteiger partial charge in [-0.05, 0) is 57.0 Å². The number of aromatic nitrogens is 4. The summed E-state index contributed by atoms with van der Waals surface area (Å²) in [4.78, 5) is 35.0. The molecule has 0 saturated carbocycles. The van der Waals surface area contributed by atoms with Gasteiger partial charge in [0.05, 0.1) is 33.6 Å². The number of halogens is 2. The van der Waals surface area contributed by atoms with Gasteiger partial charge in [0.25, 0.3) is 0 Å². The van der Waals surface area contributed by atoms with Crippen LogP contribution in [0, 0.1) is 11.2 Å². The Hall–Kier alpha value is -3.59. The lowest BCUT2D eigenvalue weighted by molar-refractivity contribution is -0.154. The zero-order valence-electron chi connectivity index (χ0n) is 19.9. The van der Waals surface area contributed by atoms with E-state index in [1.165, 1.54) is 12.1 Å². The second kappa shape index (κ2) is 9.22. The van der Waals surface area contributed by atoms with Crippen LogP contribution < -0.4 is 11.0 Å². The second-order valence-corrected chi connectivity index (χ2v) is 10.1. The Kier molecular flexibility index (Phi) is 6.46. The summed E-state index contributed by atoms with van der Waals surface area (Å²) in [5, 5.41) is 3.27. The van der Waals surface area contributed by atoms with Crippen molar-refractivity contribution in [1.82, 2.24) is 19.5 Å². The topological polar surface area (TPSA) is 105 Å².